The van der Waals surface area contributed by atoms with Crippen LogP contribution in [0.15, 0.2) is 66.0 Å². The van der Waals surface area contributed by atoms with Crippen LogP contribution in [-0.4, -0.2) is 20.7 Å². The number of carbonyl (C=O) groups excluding carboxylic acids is 1. The molecule has 0 radical (unpaired) electrons. The number of aryl methyl sites for hydroxylation is 1. The molecule has 0 saturated heterocycles. The summed E-state index contributed by atoms with van der Waals surface area (Å²) in [7, 11) is 0. The van der Waals surface area contributed by atoms with Crippen LogP contribution in [0.1, 0.15) is 47.1 Å². The number of aromatic nitrogens is 3. The van der Waals surface area contributed by atoms with Crippen LogP contribution in [0.2, 0.25) is 0 Å². The van der Waals surface area contributed by atoms with Gasteiger partial charge >= 0.3 is 0 Å². The Morgan fingerprint density at radius 1 is 1.03 bits per heavy atom. The van der Waals surface area contributed by atoms with E-state index in [1.165, 1.54) is 10.2 Å². The lowest BCUT2D eigenvalue weighted by molar-refractivity contribution is 0.0947. The summed E-state index contributed by atoms with van der Waals surface area (Å²) in [6.07, 6.45) is 0. The van der Waals surface area contributed by atoms with Gasteiger partial charge in [0.1, 0.15) is 0 Å². The topological polar surface area (TPSA) is 59.8 Å². The van der Waals surface area contributed by atoms with Crippen LogP contribution in [-0.2, 0) is 12.0 Å². The summed E-state index contributed by atoms with van der Waals surface area (Å²) in [5.41, 5.74) is 3.82. The summed E-state index contributed by atoms with van der Waals surface area (Å²) in [6.45, 7) is 9.08. The molecule has 0 spiro atoms. The third kappa shape index (κ3) is 4.75. The minimum atomic E-state index is -0.208. The summed E-state index contributed by atoms with van der Waals surface area (Å²) in [4.78, 5) is 19.1. The molecule has 4 aromatic rings. The van der Waals surface area contributed by atoms with Gasteiger partial charge in [-0.25, -0.2) is 0 Å². The molecule has 0 aliphatic heterocycles. The van der Waals surface area contributed by atoms with Gasteiger partial charge in [-0.1, -0.05) is 68.8 Å². The fraction of sp³-hybridized carbons (Fsp3) is 0.240. The quantitative estimate of drug-likeness (QED) is 0.427. The van der Waals surface area contributed by atoms with Crippen LogP contribution in [0.5, 0.6) is 0 Å². The number of rotatable bonds is 5. The van der Waals surface area contributed by atoms with Crippen LogP contribution in [0.4, 0.5) is 5.95 Å². The van der Waals surface area contributed by atoms with Gasteiger partial charge in [-0.15, -0.1) is 16.4 Å². The zero-order valence-electron chi connectivity index (χ0n) is 18.2. The van der Waals surface area contributed by atoms with E-state index in [9.17, 15) is 4.79 Å². The average molecular weight is 431 g/mol. The van der Waals surface area contributed by atoms with Crippen molar-refractivity contribution in [3.63, 3.8) is 0 Å². The van der Waals surface area contributed by atoms with E-state index in [-0.39, 0.29) is 11.3 Å². The van der Waals surface area contributed by atoms with E-state index < -0.39 is 0 Å². The van der Waals surface area contributed by atoms with Gasteiger partial charge in [0.05, 0.1) is 6.54 Å². The number of benzene rings is 2. The second kappa shape index (κ2) is 8.47. The number of anilines is 1. The van der Waals surface area contributed by atoms with E-state index in [4.69, 9.17) is 0 Å². The number of hydrogen-bond donors (Lipinski definition) is 1. The molecule has 2 heterocycles. The van der Waals surface area contributed by atoms with Gasteiger partial charge in [0, 0.05) is 16.0 Å². The second-order valence-electron chi connectivity index (χ2n) is 8.60. The number of thiophene rings is 1. The molecule has 0 saturated carbocycles. The third-order valence-electron chi connectivity index (χ3n) is 5.11. The van der Waals surface area contributed by atoms with Crippen molar-refractivity contribution < 1.29 is 4.79 Å². The number of carbonyl (C=O) groups is 1. The molecule has 0 aliphatic rings. The number of nitrogens with zero attached hydrogens (tertiary/aromatic N) is 3. The average Bonchev–Trinajstić information content (AvgIpc) is 3.42. The maximum atomic E-state index is 13.3. The van der Waals surface area contributed by atoms with Crippen molar-refractivity contribution >= 4 is 23.2 Å². The van der Waals surface area contributed by atoms with Crippen LogP contribution < -0.4 is 5.32 Å². The van der Waals surface area contributed by atoms with E-state index in [1.807, 2.05) is 73.0 Å². The van der Waals surface area contributed by atoms with E-state index in [0.717, 1.165) is 16.0 Å². The first-order valence-electron chi connectivity index (χ1n) is 10.3. The SMILES string of the molecule is Cc1ccc(-c2nc(NCc3cccs3)n(C(=O)c3ccc(C(C)(C)C)cc3)n2)cc1. The molecule has 2 aromatic heterocycles. The molecule has 0 bridgehead atoms. The smallest absolute Gasteiger partial charge is 0.281 e. The van der Waals surface area contributed by atoms with E-state index in [0.29, 0.717) is 23.9 Å². The predicted octanol–water partition coefficient (Wildman–Crippen LogP) is 5.91. The highest BCUT2D eigenvalue weighted by Gasteiger charge is 2.20. The molecule has 2 aromatic carbocycles. The minimum Gasteiger partial charge on any atom is -0.349 e. The van der Waals surface area contributed by atoms with Gasteiger partial charge in [-0.3, -0.25) is 4.79 Å². The Labute approximate surface area is 186 Å². The maximum Gasteiger partial charge on any atom is 0.281 e. The molecule has 0 unspecified atom stereocenters. The summed E-state index contributed by atoms with van der Waals surface area (Å²) in [6, 6.07) is 19.8. The number of hydrogen-bond acceptors (Lipinski definition) is 5. The molecular formula is C25H26N4OS. The van der Waals surface area contributed by atoms with Crippen LogP contribution >= 0.6 is 11.3 Å². The molecule has 1 N–H and O–H groups in total. The Morgan fingerprint density at radius 3 is 2.35 bits per heavy atom. The molecule has 0 atom stereocenters. The Bertz CT molecular complexity index is 1170. The Hall–Kier alpha value is -3.25. The summed E-state index contributed by atoms with van der Waals surface area (Å²) >= 11 is 1.66. The van der Waals surface area contributed by atoms with Crippen LogP contribution in [0.25, 0.3) is 11.4 Å². The molecule has 31 heavy (non-hydrogen) atoms. The van der Waals surface area contributed by atoms with Crippen LogP contribution in [0, 0.1) is 6.92 Å². The van der Waals surface area contributed by atoms with Crippen molar-refractivity contribution in [2.45, 2.75) is 39.7 Å². The monoisotopic (exact) mass is 430 g/mol. The fourth-order valence-electron chi connectivity index (χ4n) is 3.21. The molecular weight excluding hydrogens is 404 g/mol. The Morgan fingerprint density at radius 2 is 1.74 bits per heavy atom. The zero-order chi connectivity index (χ0) is 22.0. The predicted molar refractivity (Wildman–Crippen MR) is 127 cm³/mol. The second-order valence-corrected chi connectivity index (χ2v) is 9.63. The first kappa shape index (κ1) is 21.0. The molecule has 4 rings (SSSR count). The zero-order valence-corrected chi connectivity index (χ0v) is 19.0. The highest BCUT2D eigenvalue weighted by Crippen LogP contribution is 2.24. The van der Waals surface area contributed by atoms with Crippen molar-refractivity contribution in [1.29, 1.82) is 0 Å². The van der Waals surface area contributed by atoms with Crippen LogP contribution in [0.3, 0.4) is 0 Å². The molecule has 158 valence electrons. The van der Waals surface area contributed by atoms with Gasteiger partial charge in [0.15, 0.2) is 5.82 Å². The Balaban J connectivity index is 1.68. The van der Waals surface area contributed by atoms with Crippen molar-refractivity contribution in [2.24, 2.45) is 0 Å². The summed E-state index contributed by atoms with van der Waals surface area (Å²) < 4.78 is 1.37. The van der Waals surface area contributed by atoms with Crippen molar-refractivity contribution in [2.75, 3.05) is 5.32 Å². The molecule has 6 heteroatoms. The first-order valence-corrected chi connectivity index (χ1v) is 11.1. The van der Waals surface area contributed by atoms with Gasteiger partial charge in [-0.05, 0) is 41.5 Å². The van der Waals surface area contributed by atoms with E-state index in [2.05, 4.69) is 36.2 Å². The number of nitrogens with one attached hydrogen (secondary N) is 1. The third-order valence-corrected chi connectivity index (χ3v) is 5.98. The van der Waals surface area contributed by atoms with E-state index >= 15 is 0 Å². The van der Waals surface area contributed by atoms with Gasteiger partial charge < -0.3 is 5.32 Å². The lowest BCUT2D eigenvalue weighted by atomic mass is 9.87. The molecule has 0 fully saturated rings. The molecule has 0 aliphatic carbocycles. The molecule has 5 nitrogen and oxygen atoms in total. The highest BCUT2D eigenvalue weighted by atomic mass is 32.1. The largest absolute Gasteiger partial charge is 0.349 e. The summed E-state index contributed by atoms with van der Waals surface area (Å²) in [5, 5.41) is 9.87. The highest BCUT2D eigenvalue weighted by molar-refractivity contribution is 7.09. The van der Waals surface area contributed by atoms with Gasteiger partial charge in [0.25, 0.3) is 5.91 Å². The lowest BCUT2D eigenvalue weighted by Crippen LogP contribution is -2.18. The Kier molecular flexibility index (Phi) is 5.74. The fourth-order valence-corrected chi connectivity index (χ4v) is 3.85. The standard InChI is InChI=1S/C25H26N4OS/c1-17-7-9-18(10-8-17)22-27-24(26-16-21-6-5-15-31-21)29(28-22)23(30)19-11-13-20(14-12-19)25(2,3)4/h5-15H,16H2,1-4H3,(H,26,27,28). The van der Waals surface area contributed by atoms with Crippen molar-refractivity contribution in [3.05, 3.63) is 87.6 Å². The van der Waals surface area contributed by atoms with Crippen molar-refractivity contribution in [3.8, 4) is 11.4 Å². The van der Waals surface area contributed by atoms with Gasteiger partial charge in [0.2, 0.25) is 5.95 Å². The normalized spacial score (nSPS) is 11.5. The maximum absolute atomic E-state index is 13.3. The lowest BCUT2D eigenvalue weighted by Gasteiger charge is -2.19. The van der Waals surface area contributed by atoms with Gasteiger partial charge in [-0.2, -0.15) is 9.67 Å². The van der Waals surface area contributed by atoms with E-state index in [1.54, 1.807) is 11.3 Å². The summed E-state index contributed by atoms with van der Waals surface area (Å²) in [5.74, 6) is 0.752. The van der Waals surface area contributed by atoms with Crippen molar-refractivity contribution in [1.82, 2.24) is 14.8 Å². The minimum absolute atomic E-state index is 0.0286. The molecule has 0 amide bonds. The first-order chi connectivity index (χ1) is 14.8.